The molecule has 0 saturated heterocycles. The van der Waals surface area contributed by atoms with Crippen LogP contribution in [0.4, 0.5) is 0 Å². The molecule has 0 N–H and O–H groups in total. The maximum absolute atomic E-state index is 8.42. The van der Waals surface area contributed by atoms with E-state index in [0.29, 0.717) is 0 Å². The van der Waals surface area contributed by atoms with E-state index in [4.69, 9.17) is 2.85 Å². The predicted octanol–water partition coefficient (Wildman–Crippen LogP) is -3.14. The van der Waals surface area contributed by atoms with Crippen LogP contribution < -0.4 is 0 Å². The molecular weight excluding hydrogens is 291 g/mol. The van der Waals surface area contributed by atoms with Crippen LogP contribution in [0.25, 0.3) is 0 Å². The summed E-state index contributed by atoms with van der Waals surface area (Å²) >= 11 is -0.1000. The SMILES string of the molecule is [AlH3].[Cu].[GaH3].[O]=[InH]. The Labute approximate surface area is 80.3 Å². The Morgan fingerprint density at radius 3 is 1.20 bits per heavy atom. The molecule has 5 heteroatoms. The molecule has 0 aromatic heterocycles. The van der Waals surface area contributed by atoms with Crippen molar-refractivity contribution in [2.75, 3.05) is 0 Å². The Hall–Kier alpha value is 2.36. The molecule has 0 rings (SSSR count). The summed E-state index contributed by atoms with van der Waals surface area (Å²) < 4.78 is 8.42. The molecule has 0 heterocycles. The summed E-state index contributed by atoms with van der Waals surface area (Å²) in [5.41, 5.74) is 0. The van der Waals surface area contributed by atoms with Crippen molar-refractivity contribution < 1.29 is 19.9 Å². The molecule has 5 heavy (non-hydrogen) atoms. The Morgan fingerprint density at radius 1 is 1.20 bits per heavy atom. The quantitative estimate of drug-likeness (QED) is 0.432. The molecule has 0 amide bonds. The normalized spacial score (nSPS) is 0.600. The Bertz CT molecular complexity index is 11.6. The molecule has 0 saturated carbocycles. The summed E-state index contributed by atoms with van der Waals surface area (Å²) in [5.74, 6) is 0. The molecule has 0 unspecified atom stereocenters. The van der Waals surface area contributed by atoms with Crippen LogP contribution in [-0.4, -0.2) is 61.5 Å². The van der Waals surface area contributed by atoms with Gasteiger partial charge in [-0.25, -0.2) is 0 Å². The number of rotatable bonds is 0. The Kier molecular flexibility index (Phi) is 173. The number of hydrogen-bond acceptors (Lipinski definition) is 1. The third-order valence-corrected chi connectivity index (χ3v) is 0. The first-order valence-electron chi connectivity index (χ1n) is 0.289. The van der Waals surface area contributed by atoms with Gasteiger partial charge >= 0.3 is 47.0 Å². The summed E-state index contributed by atoms with van der Waals surface area (Å²) in [5, 5.41) is 0. The van der Waals surface area contributed by atoms with Crippen LogP contribution >= 0.6 is 0 Å². The molecule has 0 aliphatic carbocycles. The van der Waals surface area contributed by atoms with Gasteiger partial charge in [0.25, 0.3) is 0 Å². The van der Waals surface area contributed by atoms with Gasteiger partial charge < -0.3 is 0 Å². The summed E-state index contributed by atoms with van der Waals surface area (Å²) in [6, 6.07) is 0. The van der Waals surface area contributed by atoms with E-state index in [0.717, 1.165) is 0 Å². The van der Waals surface area contributed by atoms with Gasteiger partial charge in [0, 0.05) is 17.1 Å². The van der Waals surface area contributed by atoms with E-state index in [9.17, 15) is 0 Å². The van der Waals surface area contributed by atoms with Gasteiger partial charge in [-0.15, -0.1) is 0 Å². The van der Waals surface area contributed by atoms with E-state index in [1.165, 1.54) is 0 Å². The molecule has 0 fully saturated rings. The fourth-order valence-corrected chi connectivity index (χ4v) is 0. The standard InChI is InChI=1S/Al.Cu.Ga.In.O.7H. The van der Waals surface area contributed by atoms with Crippen LogP contribution in [0.15, 0.2) is 0 Å². The van der Waals surface area contributed by atoms with Gasteiger partial charge in [0.15, 0.2) is 17.4 Å². The van der Waals surface area contributed by atoms with Crippen molar-refractivity contribution in [3.8, 4) is 0 Å². The van der Waals surface area contributed by atoms with Crippen molar-refractivity contribution in [2.45, 2.75) is 0 Å². The molecule has 0 aromatic carbocycles. The van der Waals surface area contributed by atoms with Crippen molar-refractivity contribution >= 4 is 61.5 Å². The molecule has 0 aromatic rings. The third kappa shape index (κ3) is 21.7. The van der Waals surface area contributed by atoms with Gasteiger partial charge in [-0.2, -0.15) is 0 Å². The monoisotopic (exact) mass is 297 g/mol. The van der Waals surface area contributed by atoms with Crippen LogP contribution in [0.1, 0.15) is 0 Å². The van der Waals surface area contributed by atoms with Crippen molar-refractivity contribution in [3.63, 3.8) is 0 Å². The molecule has 0 spiro atoms. The number of hydrogen-bond donors (Lipinski definition) is 0. The van der Waals surface area contributed by atoms with Gasteiger partial charge in [-0.3, -0.25) is 0 Å². The first kappa shape index (κ1) is 26.4. The van der Waals surface area contributed by atoms with Gasteiger partial charge in [0.1, 0.15) is 0 Å². The molecule has 0 aliphatic rings. The zero-order valence-corrected chi connectivity index (χ0v) is 6.39. The van der Waals surface area contributed by atoms with E-state index >= 15 is 0 Å². The molecule has 33 valence electrons. The molecular formula is H7AlCuGaInO. The van der Waals surface area contributed by atoms with Gasteiger partial charge in [-0.05, 0) is 0 Å². The van der Waals surface area contributed by atoms with Crippen LogP contribution in [0.5, 0.6) is 0 Å². The average molecular weight is 298 g/mol. The van der Waals surface area contributed by atoms with Crippen LogP contribution in [0, 0.1) is 0 Å². The van der Waals surface area contributed by atoms with Gasteiger partial charge in [-0.1, -0.05) is 0 Å². The summed E-state index contributed by atoms with van der Waals surface area (Å²) in [7, 11) is 0. The van der Waals surface area contributed by atoms with Gasteiger partial charge in [0.2, 0.25) is 0 Å². The maximum atomic E-state index is 8.42. The average Bonchev–Trinajstić information content (AvgIpc) is 1.00. The minimum atomic E-state index is -0.1000. The first-order valence-corrected chi connectivity index (χ1v) is 1.94. The van der Waals surface area contributed by atoms with E-state index in [2.05, 4.69) is 0 Å². The summed E-state index contributed by atoms with van der Waals surface area (Å²) in [6.45, 7) is 0. The van der Waals surface area contributed by atoms with E-state index in [-0.39, 0.29) is 78.6 Å². The second-order valence-electron chi connectivity index (χ2n) is 0. The van der Waals surface area contributed by atoms with E-state index in [1.54, 1.807) is 0 Å². The predicted molar refractivity (Wildman–Crippen MR) is 27.7 cm³/mol. The second-order valence-corrected chi connectivity index (χ2v) is 0. The van der Waals surface area contributed by atoms with Crippen LogP contribution in [0.2, 0.25) is 0 Å². The molecule has 0 aliphatic heterocycles. The zero-order valence-electron chi connectivity index (χ0n) is 1.42. The first-order chi connectivity index (χ1) is 1.00. The van der Waals surface area contributed by atoms with Crippen LogP contribution in [-0.2, 0) is 19.9 Å². The zero-order chi connectivity index (χ0) is 2.00. The topological polar surface area (TPSA) is 17.1 Å². The van der Waals surface area contributed by atoms with E-state index < -0.39 is 0 Å². The fraction of sp³-hybridized carbons (Fsp3) is 0. The van der Waals surface area contributed by atoms with Crippen LogP contribution in [0.3, 0.4) is 0 Å². The van der Waals surface area contributed by atoms with Gasteiger partial charge in [0.05, 0.1) is 0 Å². The molecule has 1 nitrogen and oxygen atoms in total. The Balaban J connectivity index is -0.00000000167. The second kappa shape index (κ2) is 32.8. The fourth-order valence-electron chi connectivity index (χ4n) is 0. The van der Waals surface area contributed by atoms with Crippen molar-refractivity contribution in [3.05, 3.63) is 0 Å². The molecule has 0 atom stereocenters. The minimum absolute atomic E-state index is 0. The van der Waals surface area contributed by atoms with E-state index in [1.807, 2.05) is 0 Å². The van der Waals surface area contributed by atoms with Crippen molar-refractivity contribution in [1.29, 1.82) is 0 Å². The molecule has 0 bridgehead atoms. The molecule has 1 radical (unpaired) electrons. The van der Waals surface area contributed by atoms with Crippen molar-refractivity contribution in [2.24, 2.45) is 0 Å². The Morgan fingerprint density at radius 2 is 1.20 bits per heavy atom. The summed E-state index contributed by atoms with van der Waals surface area (Å²) in [4.78, 5) is 0. The third-order valence-electron chi connectivity index (χ3n) is 0. The summed E-state index contributed by atoms with van der Waals surface area (Å²) in [6.07, 6.45) is 0. The van der Waals surface area contributed by atoms with Crippen molar-refractivity contribution in [1.82, 2.24) is 0 Å².